The van der Waals surface area contributed by atoms with Crippen molar-refractivity contribution >= 4 is 22.8 Å². The summed E-state index contributed by atoms with van der Waals surface area (Å²) in [4.78, 5) is 11.1. The number of rotatable bonds is 29. The molecule has 0 aliphatic carbocycles. The summed E-state index contributed by atoms with van der Waals surface area (Å²) in [6, 6.07) is 14.5. The SMILES string of the molecule is CCCCCCCCCCCC(=N\c1cc(CCCC)cc(CCCC)c1)/C(CCCCC)=N/c1cc(CCCC)cc(CCCC)c1.[Ni]. The second-order valence-corrected chi connectivity index (χ2v) is 14.6. The van der Waals surface area contributed by atoms with Gasteiger partial charge in [0.1, 0.15) is 0 Å². The fraction of sp³-hybridized carbons (Fsp3) is 0.696. The zero-order valence-electron chi connectivity index (χ0n) is 33.1. The van der Waals surface area contributed by atoms with Crippen LogP contribution in [0.5, 0.6) is 0 Å². The third kappa shape index (κ3) is 20.7. The maximum Gasteiger partial charge on any atom is 0.0639 e. The van der Waals surface area contributed by atoms with Crippen molar-refractivity contribution in [1.82, 2.24) is 0 Å². The van der Waals surface area contributed by atoms with Gasteiger partial charge in [-0.15, -0.1) is 0 Å². The summed E-state index contributed by atoms with van der Waals surface area (Å²) in [7, 11) is 0. The molecule has 0 spiro atoms. The van der Waals surface area contributed by atoms with Gasteiger partial charge < -0.3 is 0 Å². The predicted molar refractivity (Wildman–Crippen MR) is 218 cm³/mol. The largest absolute Gasteiger partial charge is 0.252 e. The monoisotopic (exact) mass is 715 g/mol. The topological polar surface area (TPSA) is 24.7 Å². The van der Waals surface area contributed by atoms with Crippen LogP contribution in [0.25, 0.3) is 0 Å². The third-order valence-corrected chi connectivity index (χ3v) is 9.75. The summed E-state index contributed by atoms with van der Waals surface area (Å²) in [6.45, 7) is 13.8. The summed E-state index contributed by atoms with van der Waals surface area (Å²) in [6.07, 6.45) is 32.3. The van der Waals surface area contributed by atoms with Gasteiger partial charge in [-0.3, -0.25) is 9.98 Å². The maximum atomic E-state index is 5.57. The van der Waals surface area contributed by atoms with Gasteiger partial charge in [0.25, 0.3) is 0 Å². The Hall–Kier alpha value is -1.73. The van der Waals surface area contributed by atoms with Gasteiger partial charge in [0.2, 0.25) is 0 Å². The number of nitrogens with zero attached hydrogens (tertiary/aromatic N) is 2. The summed E-state index contributed by atoms with van der Waals surface area (Å²) in [5.74, 6) is 0. The second-order valence-electron chi connectivity index (χ2n) is 14.6. The number of hydrogen-bond donors (Lipinski definition) is 0. The van der Waals surface area contributed by atoms with Crippen molar-refractivity contribution in [3.8, 4) is 0 Å². The van der Waals surface area contributed by atoms with E-state index in [4.69, 9.17) is 9.98 Å². The molecule has 49 heavy (non-hydrogen) atoms. The molecule has 0 aliphatic rings. The molecule has 0 radical (unpaired) electrons. The molecule has 0 fully saturated rings. The number of aliphatic imine (C=N–C) groups is 2. The van der Waals surface area contributed by atoms with E-state index in [1.807, 2.05) is 0 Å². The van der Waals surface area contributed by atoms with Gasteiger partial charge in [0.15, 0.2) is 0 Å². The van der Waals surface area contributed by atoms with Crippen molar-refractivity contribution < 1.29 is 16.5 Å². The van der Waals surface area contributed by atoms with E-state index in [1.165, 1.54) is 162 Å². The smallest absolute Gasteiger partial charge is 0.0639 e. The van der Waals surface area contributed by atoms with Gasteiger partial charge in [-0.05, 0) is 124 Å². The Kier molecular flexibility index (Phi) is 27.7. The quantitative estimate of drug-likeness (QED) is 0.0455. The Morgan fingerprint density at radius 2 is 0.612 bits per heavy atom. The minimum atomic E-state index is 0. The average molecular weight is 716 g/mol. The third-order valence-electron chi connectivity index (χ3n) is 9.75. The molecule has 2 aromatic carbocycles. The number of hydrogen-bond acceptors (Lipinski definition) is 2. The average Bonchev–Trinajstić information content (AvgIpc) is 3.09. The Balaban J connectivity index is 0.0000120. The Labute approximate surface area is 315 Å². The van der Waals surface area contributed by atoms with E-state index >= 15 is 0 Å². The predicted octanol–water partition coefficient (Wildman–Crippen LogP) is 15.4. The van der Waals surface area contributed by atoms with Crippen LogP contribution in [0.15, 0.2) is 46.4 Å². The molecule has 0 amide bonds. The molecular weight excluding hydrogens is 639 g/mol. The molecule has 0 N–H and O–H groups in total. The Morgan fingerprint density at radius 3 is 0.939 bits per heavy atom. The fourth-order valence-electron chi connectivity index (χ4n) is 6.70. The molecule has 2 nitrogen and oxygen atoms in total. The second kappa shape index (κ2) is 30.0. The molecule has 0 saturated carbocycles. The van der Waals surface area contributed by atoms with Crippen LogP contribution in [0.2, 0.25) is 0 Å². The number of unbranched alkanes of at least 4 members (excludes halogenated alkanes) is 14. The van der Waals surface area contributed by atoms with Crippen LogP contribution >= 0.6 is 0 Å². The van der Waals surface area contributed by atoms with Gasteiger partial charge in [0.05, 0.1) is 22.8 Å². The van der Waals surface area contributed by atoms with Gasteiger partial charge in [-0.25, -0.2) is 0 Å². The van der Waals surface area contributed by atoms with E-state index in [0.717, 1.165) is 49.9 Å². The van der Waals surface area contributed by atoms with Crippen molar-refractivity contribution in [3.63, 3.8) is 0 Å². The zero-order chi connectivity index (χ0) is 34.7. The molecule has 0 aliphatic heterocycles. The van der Waals surface area contributed by atoms with Crippen LogP contribution in [0.3, 0.4) is 0 Å². The minimum Gasteiger partial charge on any atom is -0.252 e. The van der Waals surface area contributed by atoms with E-state index in [9.17, 15) is 0 Å². The van der Waals surface area contributed by atoms with Crippen molar-refractivity contribution in [2.24, 2.45) is 9.98 Å². The van der Waals surface area contributed by atoms with Crippen LogP contribution < -0.4 is 0 Å². The van der Waals surface area contributed by atoms with Crippen molar-refractivity contribution in [3.05, 3.63) is 58.7 Å². The first kappa shape index (κ1) is 45.3. The zero-order valence-corrected chi connectivity index (χ0v) is 34.0. The van der Waals surface area contributed by atoms with E-state index in [1.54, 1.807) is 0 Å². The molecule has 2 rings (SSSR count). The summed E-state index contributed by atoms with van der Waals surface area (Å²) < 4.78 is 0. The first-order valence-corrected chi connectivity index (χ1v) is 21.0. The molecule has 0 bridgehead atoms. The van der Waals surface area contributed by atoms with Gasteiger partial charge >= 0.3 is 0 Å². The minimum absolute atomic E-state index is 0. The number of benzene rings is 2. The first-order valence-electron chi connectivity index (χ1n) is 21.0. The van der Waals surface area contributed by atoms with Crippen LogP contribution in [0.4, 0.5) is 11.4 Å². The van der Waals surface area contributed by atoms with Crippen molar-refractivity contribution in [2.75, 3.05) is 0 Å². The van der Waals surface area contributed by atoms with Crippen LogP contribution in [0, 0.1) is 0 Å². The van der Waals surface area contributed by atoms with Crippen molar-refractivity contribution in [2.45, 2.75) is 208 Å². The van der Waals surface area contributed by atoms with Crippen LogP contribution in [0.1, 0.15) is 205 Å². The van der Waals surface area contributed by atoms with E-state index in [2.05, 4.69) is 77.9 Å². The maximum absolute atomic E-state index is 5.57. The Morgan fingerprint density at radius 1 is 0.347 bits per heavy atom. The molecule has 280 valence electrons. The van der Waals surface area contributed by atoms with Gasteiger partial charge in [-0.1, -0.05) is 144 Å². The molecule has 2 aromatic rings. The van der Waals surface area contributed by atoms with E-state index in [0.29, 0.717) is 0 Å². The van der Waals surface area contributed by atoms with Crippen molar-refractivity contribution in [1.29, 1.82) is 0 Å². The molecule has 0 aromatic heterocycles. The fourth-order valence-corrected chi connectivity index (χ4v) is 6.70. The summed E-state index contributed by atoms with van der Waals surface area (Å²) >= 11 is 0. The van der Waals surface area contributed by atoms with E-state index in [-0.39, 0.29) is 16.5 Å². The molecular formula is C46H76N2Ni. The molecule has 3 heteroatoms. The Bertz CT molecular complexity index is 1110. The molecule has 0 unspecified atom stereocenters. The summed E-state index contributed by atoms with van der Waals surface area (Å²) in [5.41, 5.74) is 10.6. The molecule has 0 atom stereocenters. The molecule has 0 heterocycles. The first-order chi connectivity index (χ1) is 23.6. The van der Waals surface area contributed by atoms with Crippen LogP contribution in [-0.2, 0) is 42.2 Å². The van der Waals surface area contributed by atoms with E-state index < -0.39 is 0 Å². The van der Waals surface area contributed by atoms with Crippen LogP contribution in [-0.4, -0.2) is 11.4 Å². The molecule has 0 saturated heterocycles. The van der Waals surface area contributed by atoms with Gasteiger partial charge in [0, 0.05) is 16.5 Å². The van der Waals surface area contributed by atoms with Gasteiger partial charge in [-0.2, -0.15) is 0 Å². The summed E-state index contributed by atoms with van der Waals surface area (Å²) in [5, 5.41) is 0. The number of aryl methyl sites for hydroxylation is 4. The standard InChI is InChI=1S/C46H76N2.Ni/c1-7-13-19-20-21-22-23-24-26-32-46(48-44-37-41(29-17-11-5)34-42(38-44)30-18-12-6)45(31-25-14-8-2)47-43-35-39(27-15-9-3)33-40(36-43)28-16-10-4;/h33-38H,7-32H2,1-6H3;/b47-45+,48-46+;. The normalized spacial score (nSPS) is 12.0.